The van der Waals surface area contributed by atoms with Crippen LogP contribution in [0.2, 0.25) is 0 Å². The molecule has 2 amide bonds. The van der Waals surface area contributed by atoms with Crippen LogP contribution in [0.4, 0.5) is 11.4 Å². The first-order valence-corrected chi connectivity index (χ1v) is 12.8. The van der Waals surface area contributed by atoms with Crippen molar-refractivity contribution in [2.75, 3.05) is 12.0 Å². The molecule has 1 N–H and O–H groups in total. The first-order valence-electron chi connectivity index (χ1n) is 12.8. The van der Waals surface area contributed by atoms with Crippen LogP contribution in [-0.4, -0.2) is 40.5 Å². The van der Waals surface area contributed by atoms with Gasteiger partial charge in [-0.3, -0.25) is 29.3 Å². The molecule has 0 radical (unpaired) electrons. The molecule has 0 bridgehead atoms. The lowest BCUT2D eigenvalue weighted by Gasteiger charge is -2.42. The molecule has 1 fully saturated rings. The average Bonchev–Trinajstić information content (AvgIpc) is 3.20. The number of hydrogen-bond acceptors (Lipinski definition) is 8. The normalized spacial score (nSPS) is 25.7. The molecule has 40 heavy (non-hydrogen) atoms. The number of methoxy groups -OCH3 is 1. The third-order valence-corrected chi connectivity index (χ3v) is 8.39. The average molecular weight is 541 g/mol. The van der Waals surface area contributed by atoms with Gasteiger partial charge in [-0.2, -0.15) is 0 Å². The van der Waals surface area contributed by atoms with Crippen molar-refractivity contribution in [1.29, 1.82) is 0 Å². The molecule has 6 rings (SSSR count). The summed E-state index contributed by atoms with van der Waals surface area (Å²) >= 11 is 0. The number of anilines is 1. The second kappa shape index (κ2) is 9.11. The summed E-state index contributed by atoms with van der Waals surface area (Å²) in [6.07, 6.45) is 3.53. The van der Waals surface area contributed by atoms with Crippen molar-refractivity contribution in [2.45, 2.75) is 25.7 Å². The zero-order valence-corrected chi connectivity index (χ0v) is 21.6. The zero-order valence-electron chi connectivity index (χ0n) is 21.6. The highest BCUT2D eigenvalue weighted by Gasteiger charge is 2.57. The molecule has 4 atom stereocenters. The number of benzene rings is 2. The molecule has 4 aliphatic rings. The number of hydrogen-bond donors (Lipinski definition) is 1. The fourth-order valence-corrected chi connectivity index (χ4v) is 6.68. The molecule has 3 aliphatic carbocycles. The number of ketones is 2. The summed E-state index contributed by atoms with van der Waals surface area (Å²) < 4.78 is 5.55. The number of Topliss-reactive ketones (excluding diaryl/α,β-unsaturated/α-hetero) is 1. The summed E-state index contributed by atoms with van der Waals surface area (Å²) in [5.41, 5.74) is 2.09. The molecule has 2 aromatic carbocycles. The number of rotatable bonds is 4. The first kappa shape index (κ1) is 25.4. The number of carbonyl (C=O) groups excluding carboxylic acids is 4. The minimum absolute atomic E-state index is 0.0363. The van der Waals surface area contributed by atoms with Crippen LogP contribution in [0.1, 0.15) is 31.2 Å². The number of carbonyl (C=O) groups is 4. The van der Waals surface area contributed by atoms with Crippen molar-refractivity contribution < 1.29 is 33.9 Å². The molecule has 4 unspecified atom stereocenters. The highest BCUT2D eigenvalue weighted by atomic mass is 16.6. The van der Waals surface area contributed by atoms with E-state index in [1.54, 1.807) is 13.0 Å². The molecule has 0 aromatic heterocycles. The van der Waals surface area contributed by atoms with Gasteiger partial charge in [0.25, 0.3) is 5.69 Å². The van der Waals surface area contributed by atoms with Gasteiger partial charge in [0, 0.05) is 46.4 Å². The van der Waals surface area contributed by atoms with E-state index in [0.717, 1.165) is 10.5 Å². The molecule has 202 valence electrons. The lowest BCUT2D eigenvalue weighted by molar-refractivity contribution is -0.384. The van der Waals surface area contributed by atoms with E-state index >= 15 is 0 Å². The standard InChI is InChI=1S/C30H24N2O8/c1-14-10-23(34)27-22(28(14)35)13-21-18(25(27)19-7-6-17(33)12-24(19)40-2)8-9-20-26(21)30(37)31(29(20)36)15-4-3-5-16(11-15)32(38)39/h3-8,10-12,20-21,25-26,33H,9,13H2,1-2H3. The Balaban J connectivity index is 1.49. The van der Waals surface area contributed by atoms with Crippen molar-refractivity contribution in [3.05, 3.63) is 92.6 Å². The van der Waals surface area contributed by atoms with Crippen molar-refractivity contribution in [2.24, 2.45) is 17.8 Å². The van der Waals surface area contributed by atoms with Gasteiger partial charge in [-0.15, -0.1) is 0 Å². The Morgan fingerprint density at radius 1 is 1.05 bits per heavy atom. The minimum Gasteiger partial charge on any atom is -0.508 e. The van der Waals surface area contributed by atoms with Crippen molar-refractivity contribution in [1.82, 2.24) is 0 Å². The third kappa shape index (κ3) is 3.63. The molecule has 1 saturated heterocycles. The van der Waals surface area contributed by atoms with Crippen LogP contribution in [0.15, 0.2) is 76.9 Å². The maximum absolute atomic E-state index is 13.9. The van der Waals surface area contributed by atoms with E-state index in [0.29, 0.717) is 28.0 Å². The number of phenolic OH excluding ortho intramolecular Hbond substituents is 1. The van der Waals surface area contributed by atoms with Crippen LogP contribution in [-0.2, 0) is 19.2 Å². The Labute approximate surface area is 228 Å². The van der Waals surface area contributed by atoms with Crippen LogP contribution in [0.5, 0.6) is 11.5 Å². The Kier molecular flexibility index (Phi) is 5.79. The molecule has 1 heterocycles. The fraction of sp³-hybridized carbons (Fsp3) is 0.267. The minimum atomic E-state index is -0.819. The molecule has 0 saturated carbocycles. The number of allylic oxidation sites excluding steroid dienone is 6. The van der Waals surface area contributed by atoms with Crippen LogP contribution in [0.25, 0.3) is 0 Å². The van der Waals surface area contributed by atoms with Crippen molar-refractivity contribution in [3.63, 3.8) is 0 Å². The van der Waals surface area contributed by atoms with Crippen molar-refractivity contribution >= 4 is 34.8 Å². The van der Waals surface area contributed by atoms with Gasteiger partial charge in [-0.05, 0) is 43.9 Å². The highest BCUT2D eigenvalue weighted by Crippen LogP contribution is 2.56. The number of phenols is 1. The van der Waals surface area contributed by atoms with E-state index in [2.05, 4.69) is 0 Å². The third-order valence-electron chi connectivity index (χ3n) is 8.39. The molecular formula is C30H24N2O8. The number of imide groups is 1. The Bertz CT molecular complexity index is 1650. The summed E-state index contributed by atoms with van der Waals surface area (Å²) in [7, 11) is 1.44. The van der Waals surface area contributed by atoms with Gasteiger partial charge >= 0.3 is 0 Å². The van der Waals surface area contributed by atoms with Gasteiger partial charge in [-0.1, -0.05) is 23.8 Å². The summed E-state index contributed by atoms with van der Waals surface area (Å²) in [5.74, 6) is -4.07. The molecule has 0 spiro atoms. The predicted octanol–water partition coefficient (Wildman–Crippen LogP) is 3.94. The van der Waals surface area contributed by atoms with E-state index in [-0.39, 0.29) is 41.5 Å². The van der Waals surface area contributed by atoms with Gasteiger partial charge in [0.1, 0.15) is 11.5 Å². The molecule has 10 nitrogen and oxygen atoms in total. The first-order chi connectivity index (χ1) is 19.1. The molecule has 10 heteroatoms. The fourth-order valence-electron chi connectivity index (χ4n) is 6.68. The Morgan fingerprint density at radius 3 is 2.55 bits per heavy atom. The monoisotopic (exact) mass is 540 g/mol. The smallest absolute Gasteiger partial charge is 0.271 e. The molecular weight excluding hydrogens is 516 g/mol. The number of nitro benzene ring substituents is 1. The summed E-state index contributed by atoms with van der Waals surface area (Å²) in [6, 6.07) is 9.93. The Morgan fingerprint density at radius 2 is 1.82 bits per heavy atom. The SMILES string of the molecule is COc1cc(O)ccc1C1C2=CCC3C(=O)N(c4cccc([N+](=O)[O-])c4)C(=O)C3C2CC2=C1C(=O)C=C(C)C2=O. The maximum atomic E-state index is 13.9. The molecule has 1 aliphatic heterocycles. The largest absolute Gasteiger partial charge is 0.508 e. The second-order valence-electron chi connectivity index (χ2n) is 10.4. The summed E-state index contributed by atoms with van der Waals surface area (Å²) in [6.45, 7) is 1.57. The van der Waals surface area contributed by atoms with E-state index < -0.39 is 40.4 Å². The van der Waals surface area contributed by atoms with Crippen molar-refractivity contribution in [3.8, 4) is 11.5 Å². The lowest BCUT2D eigenvalue weighted by Crippen LogP contribution is -2.39. The maximum Gasteiger partial charge on any atom is 0.271 e. The van der Waals surface area contributed by atoms with Crippen LogP contribution < -0.4 is 9.64 Å². The quantitative estimate of drug-likeness (QED) is 0.202. The van der Waals surface area contributed by atoms with Gasteiger partial charge in [0.2, 0.25) is 11.8 Å². The van der Waals surface area contributed by atoms with Gasteiger partial charge in [0.05, 0.1) is 29.6 Å². The summed E-state index contributed by atoms with van der Waals surface area (Å²) in [4.78, 5) is 66.1. The van der Waals surface area contributed by atoms with Gasteiger partial charge < -0.3 is 9.84 Å². The van der Waals surface area contributed by atoms with Crippen LogP contribution >= 0.6 is 0 Å². The predicted molar refractivity (Wildman–Crippen MR) is 142 cm³/mol. The van der Waals surface area contributed by atoms with Gasteiger partial charge in [-0.25, -0.2) is 4.90 Å². The number of nitro groups is 1. The van der Waals surface area contributed by atoms with E-state index in [4.69, 9.17) is 4.74 Å². The number of fused-ring (bicyclic) bond motifs is 3. The summed E-state index contributed by atoms with van der Waals surface area (Å²) in [5, 5.41) is 21.4. The van der Waals surface area contributed by atoms with Crippen LogP contribution in [0.3, 0.4) is 0 Å². The van der Waals surface area contributed by atoms with E-state index in [9.17, 15) is 34.4 Å². The Hall–Kier alpha value is -4.86. The number of ether oxygens (including phenoxy) is 1. The zero-order chi connectivity index (χ0) is 28.5. The number of aromatic hydroxyl groups is 1. The number of nitrogens with zero attached hydrogens (tertiary/aromatic N) is 2. The van der Waals surface area contributed by atoms with E-state index in [1.165, 1.54) is 49.6 Å². The second-order valence-corrected chi connectivity index (χ2v) is 10.4. The topological polar surface area (TPSA) is 144 Å². The number of non-ortho nitro benzene ring substituents is 1. The highest BCUT2D eigenvalue weighted by molar-refractivity contribution is 6.25. The molecule has 2 aromatic rings. The number of amides is 2. The lowest BCUT2D eigenvalue weighted by atomic mass is 9.59. The van der Waals surface area contributed by atoms with E-state index in [1.807, 2.05) is 6.08 Å². The van der Waals surface area contributed by atoms with Gasteiger partial charge in [0.15, 0.2) is 11.6 Å². The van der Waals surface area contributed by atoms with Crippen LogP contribution in [0, 0.1) is 27.9 Å².